The van der Waals surface area contributed by atoms with E-state index in [4.69, 9.17) is 13.9 Å². The quantitative estimate of drug-likeness (QED) is 0.695. The highest BCUT2D eigenvalue weighted by atomic mass is 16.7. The predicted molar refractivity (Wildman–Crippen MR) is 56.9 cm³/mol. The number of hydrogen-bond acceptors (Lipinski definition) is 6. The van der Waals surface area contributed by atoms with Crippen LogP contribution in [-0.2, 0) is 15.3 Å². The minimum Gasteiger partial charge on any atom is -0.421 e. The molecule has 2 N–H and O–H groups in total. The van der Waals surface area contributed by atoms with Crippen molar-refractivity contribution in [3.05, 3.63) is 40.0 Å². The molecule has 1 aromatic rings. The normalized spacial score (nSPS) is 31.3. The van der Waals surface area contributed by atoms with Gasteiger partial charge in [-0.05, 0) is 18.2 Å². The van der Waals surface area contributed by atoms with Crippen LogP contribution in [0.25, 0.3) is 6.08 Å². The number of ether oxygens (including phenoxy) is 2. The van der Waals surface area contributed by atoms with Crippen LogP contribution in [0.3, 0.4) is 0 Å². The first-order chi connectivity index (χ1) is 7.97. The van der Waals surface area contributed by atoms with E-state index in [1.54, 1.807) is 0 Å². The van der Waals surface area contributed by atoms with Gasteiger partial charge < -0.3 is 24.1 Å². The molecule has 17 heavy (non-hydrogen) atoms. The minimum absolute atomic E-state index is 0.195. The molecule has 2 unspecified atom stereocenters. The molecule has 1 aliphatic carbocycles. The maximum Gasteiger partial charge on any atom is 0.336 e. The van der Waals surface area contributed by atoms with Gasteiger partial charge in [0.25, 0.3) is 5.79 Å². The summed E-state index contributed by atoms with van der Waals surface area (Å²) in [6.45, 7) is 0. The summed E-state index contributed by atoms with van der Waals surface area (Å²) < 4.78 is 14.6. The Labute approximate surface area is 96.7 Å². The molecule has 0 saturated heterocycles. The molecule has 0 bridgehead atoms. The summed E-state index contributed by atoms with van der Waals surface area (Å²) in [5.74, 6) is -4.59. The first kappa shape index (κ1) is 12.0. The monoisotopic (exact) mass is 240 g/mol. The maximum atomic E-state index is 11.2. The standard InChI is InChI=1S/C11H12O6/c1-15-10(13)6-5-7-3-4-8(12)17-9(7)11(10,14)16-2/h3-6,13-14H,1-2H3. The van der Waals surface area contributed by atoms with E-state index >= 15 is 0 Å². The van der Waals surface area contributed by atoms with Crippen LogP contribution in [-0.4, -0.2) is 30.2 Å². The van der Waals surface area contributed by atoms with Gasteiger partial charge in [-0.1, -0.05) is 0 Å². The molecule has 0 radical (unpaired) electrons. The van der Waals surface area contributed by atoms with Gasteiger partial charge in [0.1, 0.15) is 0 Å². The van der Waals surface area contributed by atoms with Crippen molar-refractivity contribution in [3.63, 3.8) is 0 Å². The maximum absolute atomic E-state index is 11.2. The molecule has 2 rings (SSSR count). The van der Waals surface area contributed by atoms with Crippen LogP contribution in [0.15, 0.2) is 27.4 Å². The second-order valence-electron chi connectivity index (χ2n) is 3.62. The van der Waals surface area contributed by atoms with Gasteiger partial charge in [0.05, 0.1) is 0 Å². The Morgan fingerprint density at radius 2 is 1.94 bits per heavy atom. The molecule has 6 nitrogen and oxygen atoms in total. The van der Waals surface area contributed by atoms with Crippen molar-refractivity contribution in [2.75, 3.05) is 14.2 Å². The SMILES string of the molecule is COC1(O)C=Cc2ccc(=O)oc2C1(O)OC. The lowest BCUT2D eigenvalue weighted by atomic mass is 9.92. The minimum atomic E-state index is -2.27. The fourth-order valence-corrected chi connectivity index (χ4v) is 1.75. The Bertz CT molecular complexity index is 519. The van der Waals surface area contributed by atoms with Crippen LogP contribution in [0.4, 0.5) is 0 Å². The molecule has 0 fully saturated rings. The highest BCUT2D eigenvalue weighted by molar-refractivity contribution is 5.57. The van der Waals surface area contributed by atoms with Gasteiger partial charge in [-0.15, -0.1) is 0 Å². The van der Waals surface area contributed by atoms with E-state index in [0.29, 0.717) is 5.56 Å². The van der Waals surface area contributed by atoms with Gasteiger partial charge >= 0.3 is 5.63 Å². The van der Waals surface area contributed by atoms with E-state index in [2.05, 4.69) is 0 Å². The summed E-state index contributed by atoms with van der Waals surface area (Å²) >= 11 is 0. The molecular formula is C11H12O6. The fourth-order valence-electron chi connectivity index (χ4n) is 1.75. The topological polar surface area (TPSA) is 89.1 Å². The fraction of sp³-hybridized carbons (Fsp3) is 0.364. The molecule has 2 atom stereocenters. The van der Waals surface area contributed by atoms with Crippen molar-refractivity contribution in [2.45, 2.75) is 11.6 Å². The van der Waals surface area contributed by atoms with Crippen LogP contribution >= 0.6 is 0 Å². The van der Waals surface area contributed by atoms with Crippen molar-refractivity contribution >= 4 is 6.08 Å². The molecule has 0 saturated carbocycles. The van der Waals surface area contributed by atoms with Crippen molar-refractivity contribution in [3.8, 4) is 0 Å². The van der Waals surface area contributed by atoms with Crippen molar-refractivity contribution in [1.82, 2.24) is 0 Å². The van der Waals surface area contributed by atoms with Crippen LogP contribution in [0.5, 0.6) is 0 Å². The van der Waals surface area contributed by atoms with E-state index in [-0.39, 0.29) is 5.76 Å². The molecule has 0 spiro atoms. The summed E-state index contributed by atoms with van der Waals surface area (Å²) in [5.41, 5.74) is -0.233. The molecule has 0 aromatic carbocycles. The van der Waals surface area contributed by atoms with E-state index in [9.17, 15) is 15.0 Å². The Morgan fingerprint density at radius 1 is 1.24 bits per heavy atom. The van der Waals surface area contributed by atoms with Crippen LogP contribution < -0.4 is 5.63 Å². The van der Waals surface area contributed by atoms with Crippen LogP contribution in [0, 0.1) is 0 Å². The third kappa shape index (κ3) is 1.54. The summed E-state index contributed by atoms with van der Waals surface area (Å²) in [5, 5.41) is 20.4. The Kier molecular flexibility index (Phi) is 2.67. The lowest BCUT2D eigenvalue weighted by molar-refractivity contribution is -0.367. The average Bonchev–Trinajstić information content (AvgIpc) is 2.34. The Hall–Kier alpha value is -1.47. The van der Waals surface area contributed by atoms with Crippen molar-refractivity contribution in [1.29, 1.82) is 0 Å². The molecule has 1 aliphatic rings. The van der Waals surface area contributed by atoms with Gasteiger partial charge in [-0.3, -0.25) is 0 Å². The molecule has 0 amide bonds. The van der Waals surface area contributed by atoms with Crippen molar-refractivity contribution in [2.24, 2.45) is 0 Å². The average molecular weight is 240 g/mol. The molecule has 1 heterocycles. The van der Waals surface area contributed by atoms with Gasteiger partial charge in [-0.25, -0.2) is 4.79 Å². The van der Waals surface area contributed by atoms with E-state index in [0.717, 1.165) is 0 Å². The lowest BCUT2D eigenvalue weighted by Gasteiger charge is -2.40. The van der Waals surface area contributed by atoms with Crippen molar-refractivity contribution < 1.29 is 24.1 Å². The second-order valence-corrected chi connectivity index (χ2v) is 3.62. The van der Waals surface area contributed by atoms with E-state index < -0.39 is 17.2 Å². The largest absolute Gasteiger partial charge is 0.421 e. The molecule has 1 aromatic heterocycles. The van der Waals surface area contributed by atoms with E-state index in [1.807, 2.05) is 0 Å². The molecule has 0 aliphatic heterocycles. The Balaban J connectivity index is 2.71. The first-order valence-corrected chi connectivity index (χ1v) is 4.86. The zero-order valence-electron chi connectivity index (χ0n) is 9.34. The number of rotatable bonds is 2. The van der Waals surface area contributed by atoms with Crippen LogP contribution in [0.2, 0.25) is 0 Å². The zero-order valence-corrected chi connectivity index (χ0v) is 9.34. The molecule has 92 valence electrons. The van der Waals surface area contributed by atoms with Gasteiger partial charge in [0, 0.05) is 25.8 Å². The van der Waals surface area contributed by atoms with Gasteiger partial charge in [0.2, 0.25) is 5.79 Å². The van der Waals surface area contributed by atoms with Gasteiger partial charge in [0.15, 0.2) is 5.76 Å². The third-order valence-electron chi connectivity index (χ3n) is 2.75. The summed E-state index contributed by atoms with van der Waals surface area (Å²) in [4.78, 5) is 11.2. The second kappa shape index (κ2) is 3.78. The number of fused-ring (bicyclic) bond motifs is 1. The summed E-state index contributed by atoms with van der Waals surface area (Å²) in [6.07, 6.45) is 2.69. The van der Waals surface area contributed by atoms with E-state index in [1.165, 1.54) is 38.5 Å². The summed E-state index contributed by atoms with van der Waals surface area (Å²) in [6, 6.07) is 2.66. The Morgan fingerprint density at radius 3 is 2.53 bits per heavy atom. The smallest absolute Gasteiger partial charge is 0.336 e. The number of hydrogen-bond donors (Lipinski definition) is 2. The zero-order chi connectivity index (χ0) is 12.7. The van der Waals surface area contributed by atoms with Crippen LogP contribution in [0.1, 0.15) is 11.3 Å². The lowest BCUT2D eigenvalue weighted by Crippen LogP contribution is -2.55. The predicted octanol–water partition coefficient (Wildman–Crippen LogP) is -0.207. The highest BCUT2D eigenvalue weighted by Gasteiger charge is 2.56. The molecule has 6 heteroatoms. The number of aliphatic hydroxyl groups is 2. The molecular weight excluding hydrogens is 228 g/mol. The highest BCUT2D eigenvalue weighted by Crippen LogP contribution is 2.40. The third-order valence-corrected chi connectivity index (χ3v) is 2.75. The number of methoxy groups -OCH3 is 2. The summed E-state index contributed by atoms with van der Waals surface area (Å²) in [7, 11) is 2.36. The first-order valence-electron chi connectivity index (χ1n) is 4.86. The van der Waals surface area contributed by atoms with Gasteiger partial charge in [-0.2, -0.15) is 0 Å².